The molecular formula is C21H21FN4OS. The van der Waals surface area contributed by atoms with Crippen LogP contribution in [0.3, 0.4) is 0 Å². The second kappa shape index (κ2) is 9.32. The van der Waals surface area contributed by atoms with Crippen molar-refractivity contribution in [3.05, 3.63) is 88.5 Å². The maximum Gasteiger partial charge on any atom is 0.297 e. The fourth-order valence-corrected chi connectivity index (χ4v) is 3.47. The maximum absolute atomic E-state index is 13.0. The molecule has 0 amide bonds. The average molecular weight is 396 g/mol. The van der Waals surface area contributed by atoms with E-state index in [0.717, 1.165) is 17.7 Å². The molecule has 1 aromatic heterocycles. The highest BCUT2D eigenvalue weighted by Gasteiger charge is 2.12. The van der Waals surface area contributed by atoms with Crippen LogP contribution >= 0.6 is 11.8 Å². The van der Waals surface area contributed by atoms with Gasteiger partial charge in [0.1, 0.15) is 5.82 Å². The van der Waals surface area contributed by atoms with Crippen molar-refractivity contribution in [3.63, 3.8) is 0 Å². The van der Waals surface area contributed by atoms with Crippen LogP contribution in [0.15, 0.2) is 71.1 Å². The van der Waals surface area contributed by atoms with Gasteiger partial charge in [-0.05, 0) is 41.8 Å². The van der Waals surface area contributed by atoms with E-state index in [9.17, 15) is 9.18 Å². The van der Waals surface area contributed by atoms with Crippen molar-refractivity contribution in [2.24, 2.45) is 0 Å². The van der Waals surface area contributed by atoms with Crippen molar-refractivity contribution in [1.29, 1.82) is 0 Å². The van der Waals surface area contributed by atoms with Crippen LogP contribution in [-0.4, -0.2) is 14.8 Å². The zero-order valence-electron chi connectivity index (χ0n) is 15.6. The number of hydrogen-bond acceptors (Lipinski definition) is 5. The van der Waals surface area contributed by atoms with E-state index in [2.05, 4.69) is 29.0 Å². The topological polar surface area (TPSA) is 59.8 Å². The van der Waals surface area contributed by atoms with E-state index >= 15 is 0 Å². The number of halogens is 1. The molecule has 0 atom stereocenters. The Morgan fingerprint density at radius 3 is 2.43 bits per heavy atom. The first-order valence-electron chi connectivity index (χ1n) is 8.92. The van der Waals surface area contributed by atoms with Gasteiger partial charge in [0.15, 0.2) is 5.16 Å². The standard InChI is InChI=1S/C21H21FN4OS/c1-3-13-26-20(27)19(23-18-11-7-15(4-2)8-12-18)24-25-21(26)28-14-16-5-9-17(22)10-6-16/h3,5-12H,1,4,13-14H2,2H3,(H,23,24). The van der Waals surface area contributed by atoms with Crippen LogP contribution in [0.5, 0.6) is 0 Å². The molecule has 2 aromatic carbocycles. The number of allylic oxidation sites excluding steroid dienone is 1. The smallest absolute Gasteiger partial charge is 0.297 e. The number of rotatable bonds is 8. The molecule has 3 aromatic rings. The van der Waals surface area contributed by atoms with E-state index in [0.29, 0.717) is 17.5 Å². The monoisotopic (exact) mass is 396 g/mol. The largest absolute Gasteiger partial charge is 0.334 e. The van der Waals surface area contributed by atoms with Crippen LogP contribution < -0.4 is 10.9 Å². The molecule has 0 aliphatic rings. The molecule has 0 spiro atoms. The minimum Gasteiger partial charge on any atom is -0.334 e. The summed E-state index contributed by atoms with van der Waals surface area (Å²) in [5.74, 6) is 0.438. The third kappa shape index (κ3) is 4.86. The Morgan fingerprint density at radius 2 is 1.79 bits per heavy atom. The van der Waals surface area contributed by atoms with E-state index < -0.39 is 0 Å². The molecule has 144 valence electrons. The Labute approximate surface area is 167 Å². The quantitative estimate of drug-likeness (QED) is 0.447. The summed E-state index contributed by atoms with van der Waals surface area (Å²) in [6.07, 6.45) is 2.59. The first-order chi connectivity index (χ1) is 13.6. The molecule has 0 unspecified atom stereocenters. The van der Waals surface area contributed by atoms with Crippen molar-refractivity contribution in [2.45, 2.75) is 30.8 Å². The van der Waals surface area contributed by atoms with Crippen molar-refractivity contribution >= 4 is 23.3 Å². The second-order valence-corrected chi connectivity index (χ2v) is 7.07. The average Bonchev–Trinajstić information content (AvgIpc) is 2.72. The highest BCUT2D eigenvalue weighted by Crippen LogP contribution is 2.21. The van der Waals surface area contributed by atoms with Gasteiger partial charge in [-0.15, -0.1) is 16.8 Å². The van der Waals surface area contributed by atoms with Crippen LogP contribution in [0.25, 0.3) is 0 Å². The van der Waals surface area contributed by atoms with Gasteiger partial charge >= 0.3 is 0 Å². The van der Waals surface area contributed by atoms with E-state index in [-0.39, 0.29) is 17.2 Å². The lowest BCUT2D eigenvalue weighted by Gasteiger charge is -2.12. The summed E-state index contributed by atoms with van der Waals surface area (Å²) in [5, 5.41) is 11.8. The van der Waals surface area contributed by atoms with Crippen LogP contribution in [0.2, 0.25) is 0 Å². The number of benzene rings is 2. The summed E-state index contributed by atoms with van der Waals surface area (Å²) in [7, 11) is 0. The molecule has 0 fully saturated rings. The number of thioether (sulfide) groups is 1. The van der Waals surface area contributed by atoms with Gasteiger partial charge in [0.25, 0.3) is 5.56 Å². The predicted octanol–water partition coefficient (Wildman–Crippen LogP) is 4.56. The minimum absolute atomic E-state index is 0.164. The second-order valence-electron chi connectivity index (χ2n) is 6.13. The van der Waals surface area contributed by atoms with Gasteiger partial charge < -0.3 is 5.32 Å². The third-order valence-corrected chi connectivity index (χ3v) is 5.17. The first kappa shape index (κ1) is 19.8. The van der Waals surface area contributed by atoms with Crippen molar-refractivity contribution < 1.29 is 4.39 Å². The molecule has 1 N–H and O–H groups in total. The Balaban J connectivity index is 1.81. The van der Waals surface area contributed by atoms with E-state index in [1.165, 1.54) is 34.0 Å². The number of aromatic nitrogens is 3. The van der Waals surface area contributed by atoms with E-state index in [4.69, 9.17) is 0 Å². The summed E-state index contributed by atoms with van der Waals surface area (Å²) >= 11 is 1.37. The third-order valence-electron chi connectivity index (χ3n) is 4.13. The Kier molecular flexibility index (Phi) is 6.60. The molecule has 0 saturated heterocycles. The molecule has 0 saturated carbocycles. The molecule has 5 nitrogen and oxygen atoms in total. The normalized spacial score (nSPS) is 10.6. The molecule has 0 bridgehead atoms. The van der Waals surface area contributed by atoms with Gasteiger partial charge in [-0.1, -0.05) is 49.0 Å². The molecule has 0 aliphatic carbocycles. The Bertz CT molecular complexity index is 1000. The van der Waals surface area contributed by atoms with Crippen LogP contribution in [0, 0.1) is 5.82 Å². The molecule has 28 heavy (non-hydrogen) atoms. The number of nitrogens with one attached hydrogen (secondary N) is 1. The van der Waals surface area contributed by atoms with E-state index in [1.807, 2.05) is 24.3 Å². The minimum atomic E-state index is -0.278. The van der Waals surface area contributed by atoms with Gasteiger partial charge in [-0.3, -0.25) is 9.36 Å². The summed E-state index contributed by atoms with van der Waals surface area (Å²) in [4.78, 5) is 12.9. The van der Waals surface area contributed by atoms with Gasteiger partial charge in [0.05, 0.1) is 0 Å². The van der Waals surface area contributed by atoms with Crippen molar-refractivity contribution in [1.82, 2.24) is 14.8 Å². The van der Waals surface area contributed by atoms with Crippen LogP contribution in [0.1, 0.15) is 18.1 Å². The Morgan fingerprint density at radius 1 is 1.11 bits per heavy atom. The SMILES string of the molecule is C=CCn1c(SCc2ccc(F)cc2)nnc(Nc2ccc(CC)cc2)c1=O. The molecule has 7 heteroatoms. The van der Waals surface area contributed by atoms with Crippen molar-refractivity contribution in [2.75, 3.05) is 5.32 Å². The van der Waals surface area contributed by atoms with Crippen molar-refractivity contribution in [3.8, 4) is 0 Å². The highest BCUT2D eigenvalue weighted by atomic mass is 32.2. The zero-order chi connectivity index (χ0) is 19.9. The molecule has 1 heterocycles. The summed E-state index contributed by atoms with van der Waals surface area (Å²) < 4.78 is 14.6. The zero-order valence-corrected chi connectivity index (χ0v) is 16.4. The molecule has 0 aliphatic heterocycles. The molecule has 3 rings (SSSR count). The first-order valence-corrected chi connectivity index (χ1v) is 9.91. The number of aryl methyl sites for hydroxylation is 1. The number of hydrogen-bond donors (Lipinski definition) is 1. The van der Waals surface area contributed by atoms with Gasteiger partial charge in [0.2, 0.25) is 5.82 Å². The van der Waals surface area contributed by atoms with Crippen LogP contribution in [-0.2, 0) is 18.7 Å². The van der Waals surface area contributed by atoms with Crippen LogP contribution in [0.4, 0.5) is 15.9 Å². The lowest BCUT2D eigenvalue weighted by molar-refractivity contribution is 0.625. The number of anilines is 2. The van der Waals surface area contributed by atoms with Gasteiger partial charge in [0, 0.05) is 18.0 Å². The summed E-state index contributed by atoms with van der Waals surface area (Å²) in [5.41, 5.74) is 2.66. The predicted molar refractivity (Wildman–Crippen MR) is 112 cm³/mol. The summed E-state index contributed by atoms with van der Waals surface area (Å²) in [6, 6.07) is 14.1. The van der Waals surface area contributed by atoms with Gasteiger partial charge in [-0.25, -0.2) is 4.39 Å². The number of nitrogens with zero attached hydrogens (tertiary/aromatic N) is 3. The Hall–Kier alpha value is -2.93. The molecule has 0 radical (unpaired) electrons. The fourth-order valence-electron chi connectivity index (χ4n) is 2.57. The fraction of sp³-hybridized carbons (Fsp3) is 0.190. The lowest BCUT2D eigenvalue weighted by Crippen LogP contribution is -2.26. The summed E-state index contributed by atoms with van der Waals surface area (Å²) in [6.45, 7) is 6.13. The molecular weight excluding hydrogens is 375 g/mol. The van der Waals surface area contributed by atoms with E-state index in [1.54, 1.807) is 18.2 Å². The maximum atomic E-state index is 13.0. The van der Waals surface area contributed by atoms with Gasteiger partial charge in [-0.2, -0.15) is 0 Å². The highest BCUT2D eigenvalue weighted by molar-refractivity contribution is 7.98. The lowest BCUT2D eigenvalue weighted by atomic mass is 10.1.